The number of para-hydroxylation sites is 1. The van der Waals surface area contributed by atoms with E-state index in [0.717, 1.165) is 22.4 Å². The number of hydrogen-bond acceptors (Lipinski definition) is 3. The first-order valence-corrected chi connectivity index (χ1v) is 7.85. The molecule has 0 aromatic heterocycles. The van der Waals surface area contributed by atoms with E-state index in [9.17, 15) is 4.79 Å². The highest BCUT2D eigenvalue weighted by Crippen LogP contribution is 2.24. The SMILES string of the molecule is [Cl-].[NH3+][C@H](Cc1ccccc1)C(=O)N/N=C/C1=Cc2ccccc2OC1. The van der Waals surface area contributed by atoms with Crippen LogP contribution in [-0.2, 0) is 11.2 Å². The molecule has 1 atom stereocenters. The van der Waals surface area contributed by atoms with Crippen molar-refractivity contribution in [2.75, 3.05) is 6.61 Å². The second kappa shape index (κ2) is 9.01. The first kappa shape index (κ1) is 18.7. The Balaban J connectivity index is 0.00000225. The van der Waals surface area contributed by atoms with Gasteiger partial charge < -0.3 is 22.9 Å². The van der Waals surface area contributed by atoms with Gasteiger partial charge in [-0.05, 0) is 17.7 Å². The summed E-state index contributed by atoms with van der Waals surface area (Å²) in [5.41, 5.74) is 9.44. The Morgan fingerprint density at radius 1 is 1.20 bits per heavy atom. The third-order valence-corrected chi connectivity index (χ3v) is 3.76. The van der Waals surface area contributed by atoms with E-state index in [1.165, 1.54) is 0 Å². The van der Waals surface area contributed by atoms with Crippen LogP contribution in [0, 0.1) is 0 Å². The maximum atomic E-state index is 12.0. The summed E-state index contributed by atoms with van der Waals surface area (Å²) >= 11 is 0. The molecule has 0 saturated carbocycles. The fraction of sp³-hybridized carbons (Fsp3) is 0.158. The van der Waals surface area contributed by atoms with Crippen LogP contribution in [0.25, 0.3) is 6.08 Å². The molecule has 2 aromatic carbocycles. The summed E-state index contributed by atoms with van der Waals surface area (Å²) in [6.45, 7) is 0.439. The fourth-order valence-electron chi connectivity index (χ4n) is 2.47. The molecule has 3 rings (SSSR count). The number of nitrogens with zero attached hydrogens (tertiary/aromatic N) is 1. The molecular weight excluding hydrogens is 338 g/mol. The van der Waals surface area contributed by atoms with E-state index in [4.69, 9.17) is 4.74 Å². The van der Waals surface area contributed by atoms with Crippen LogP contribution in [-0.4, -0.2) is 24.8 Å². The summed E-state index contributed by atoms with van der Waals surface area (Å²) in [6, 6.07) is 17.2. The minimum Gasteiger partial charge on any atom is -1.00 e. The monoisotopic (exact) mass is 357 g/mol. The molecule has 0 spiro atoms. The maximum Gasteiger partial charge on any atom is 0.298 e. The highest BCUT2D eigenvalue weighted by Gasteiger charge is 2.17. The lowest BCUT2D eigenvalue weighted by Crippen LogP contribution is -3.00. The standard InChI is InChI=1S/C19H19N3O2.ClH/c20-17(11-14-6-2-1-3-7-14)19(23)22-21-12-15-10-16-8-4-5-9-18(16)24-13-15;/h1-10,12,17H,11,13,20H2,(H,22,23);1H/b21-12+;/t17-;/m1./s1. The van der Waals surface area contributed by atoms with Gasteiger partial charge in [0.1, 0.15) is 12.4 Å². The van der Waals surface area contributed by atoms with Crippen LogP contribution >= 0.6 is 0 Å². The Labute approximate surface area is 153 Å². The van der Waals surface area contributed by atoms with Crippen molar-refractivity contribution in [3.05, 3.63) is 71.3 Å². The van der Waals surface area contributed by atoms with E-state index < -0.39 is 0 Å². The van der Waals surface area contributed by atoms with E-state index in [-0.39, 0.29) is 24.4 Å². The summed E-state index contributed by atoms with van der Waals surface area (Å²) in [5.74, 6) is 0.659. The summed E-state index contributed by atoms with van der Waals surface area (Å²) in [6.07, 6.45) is 4.20. The number of nitrogens with one attached hydrogen (secondary N) is 1. The molecule has 0 bridgehead atoms. The van der Waals surface area contributed by atoms with Crippen LogP contribution < -0.4 is 28.3 Å². The number of amides is 1. The Morgan fingerprint density at radius 2 is 1.92 bits per heavy atom. The first-order chi connectivity index (χ1) is 11.7. The summed E-state index contributed by atoms with van der Waals surface area (Å²) in [7, 11) is 0. The van der Waals surface area contributed by atoms with Gasteiger partial charge in [-0.2, -0.15) is 5.10 Å². The zero-order chi connectivity index (χ0) is 16.8. The van der Waals surface area contributed by atoms with Crippen LogP contribution in [0.4, 0.5) is 0 Å². The predicted octanol–water partition coefficient (Wildman–Crippen LogP) is -1.58. The summed E-state index contributed by atoms with van der Waals surface area (Å²) < 4.78 is 5.64. The second-order valence-corrected chi connectivity index (χ2v) is 5.67. The Morgan fingerprint density at radius 3 is 2.72 bits per heavy atom. The molecule has 0 saturated heterocycles. The van der Waals surface area contributed by atoms with Gasteiger partial charge in [0.05, 0.1) is 6.21 Å². The zero-order valence-corrected chi connectivity index (χ0v) is 14.4. The van der Waals surface area contributed by atoms with Gasteiger partial charge in [0, 0.05) is 17.6 Å². The Kier molecular flexibility index (Phi) is 6.74. The molecule has 130 valence electrons. The maximum absolute atomic E-state index is 12.0. The number of rotatable bonds is 5. The number of benzene rings is 2. The largest absolute Gasteiger partial charge is 1.00 e. The Hall–Kier alpha value is -2.63. The van der Waals surface area contributed by atoms with E-state index in [1.807, 2.05) is 60.7 Å². The Bertz CT molecular complexity index is 775. The van der Waals surface area contributed by atoms with Crippen molar-refractivity contribution in [1.82, 2.24) is 5.43 Å². The molecule has 0 fully saturated rings. The van der Waals surface area contributed by atoms with Crippen molar-refractivity contribution in [2.24, 2.45) is 5.10 Å². The van der Waals surface area contributed by atoms with Crippen LogP contribution in [0.5, 0.6) is 5.75 Å². The number of carbonyl (C=O) groups excluding carboxylic acids is 1. The normalized spacial score (nSPS) is 13.9. The topological polar surface area (TPSA) is 78.3 Å². The highest BCUT2D eigenvalue weighted by molar-refractivity contribution is 5.89. The second-order valence-electron chi connectivity index (χ2n) is 5.67. The average molecular weight is 358 g/mol. The number of ether oxygens (including phenoxy) is 1. The minimum absolute atomic E-state index is 0. The average Bonchev–Trinajstić information content (AvgIpc) is 2.62. The third kappa shape index (κ3) is 5.17. The number of fused-ring (bicyclic) bond motifs is 1. The molecule has 0 aliphatic carbocycles. The van der Waals surface area contributed by atoms with Crippen molar-refractivity contribution < 1.29 is 27.7 Å². The molecule has 1 aliphatic heterocycles. The molecule has 2 aromatic rings. The third-order valence-electron chi connectivity index (χ3n) is 3.76. The van der Waals surface area contributed by atoms with Crippen LogP contribution in [0.15, 0.2) is 65.3 Å². The van der Waals surface area contributed by atoms with E-state index >= 15 is 0 Å². The molecule has 25 heavy (non-hydrogen) atoms. The van der Waals surface area contributed by atoms with Gasteiger partial charge in [0.2, 0.25) is 0 Å². The van der Waals surface area contributed by atoms with Crippen molar-refractivity contribution in [3.8, 4) is 5.75 Å². The fourth-order valence-corrected chi connectivity index (χ4v) is 2.47. The van der Waals surface area contributed by atoms with E-state index in [2.05, 4.69) is 16.3 Å². The van der Waals surface area contributed by atoms with Gasteiger partial charge in [-0.25, -0.2) is 5.43 Å². The lowest BCUT2D eigenvalue weighted by molar-refractivity contribution is -0.403. The number of hydrazone groups is 1. The van der Waals surface area contributed by atoms with Gasteiger partial charge in [-0.1, -0.05) is 48.5 Å². The van der Waals surface area contributed by atoms with Gasteiger partial charge in [-0.15, -0.1) is 0 Å². The van der Waals surface area contributed by atoms with E-state index in [0.29, 0.717) is 13.0 Å². The van der Waals surface area contributed by atoms with Crippen molar-refractivity contribution in [3.63, 3.8) is 0 Å². The van der Waals surface area contributed by atoms with Gasteiger partial charge in [0.15, 0.2) is 6.04 Å². The van der Waals surface area contributed by atoms with Crippen molar-refractivity contribution in [2.45, 2.75) is 12.5 Å². The number of quaternary nitrogens is 1. The molecule has 1 amide bonds. The molecule has 5 nitrogen and oxygen atoms in total. The van der Waals surface area contributed by atoms with Crippen molar-refractivity contribution >= 4 is 18.2 Å². The van der Waals surface area contributed by atoms with Gasteiger partial charge >= 0.3 is 0 Å². The predicted molar refractivity (Wildman–Crippen MR) is 93.4 cm³/mol. The van der Waals surface area contributed by atoms with Crippen molar-refractivity contribution in [1.29, 1.82) is 0 Å². The molecule has 0 unspecified atom stereocenters. The minimum atomic E-state index is -0.387. The zero-order valence-electron chi connectivity index (χ0n) is 13.7. The van der Waals surface area contributed by atoms with Crippen LogP contribution in [0.1, 0.15) is 11.1 Å². The molecule has 0 radical (unpaired) electrons. The van der Waals surface area contributed by atoms with Crippen LogP contribution in [0.2, 0.25) is 0 Å². The lowest BCUT2D eigenvalue weighted by Gasteiger charge is -2.15. The molecule has 4 N–H and O–H groups in total. The highest BCUT2D eigenvalue weighted by atomic mass is 35.5. The first-order valence-electron chi connectivity index (χ1n) is 7.85. The number of halogens is 1. The molecule has 1 aliphatic rings. The molecule has 6 heteroatoms. The van der Waals surface area contributed by atoms with Gasteiger partial charge in [-0.3, -0.25) is 4.79 Å². The lowest BCUT2D eigenvalue weighted by atomic mass is 10.1. The number of hydrogen-bond donors (Lipinski definition) is 2. The van der Waals surface area contributed by atoms with Crippen LogP contribution in [0.3, 0.4) is 0 Å². The molecule has 1 heterocycles. The smallest absolute Gasteiger partial charge is 0.298 e. The van der Waals surface area contributed by atoms with Gasteiger partial charge in [0.25, 0.3) is 5.91 Å². The summed E-state index contributed by atoms with van der Waals surface area (Å²) in [4.78, 5) is 12.0. The quantitative estimate of drug-likeness (QED) is 0.500. The molecular formula is C19H20ClN3O2. The van der Waals surface area contributed by atoms with E-state index in [1.54, 1.807) is 6.21 Å². The number of carbonyl (C=O) groups is 1. The summed E-state index contributed by atoms with van der Waals surface area (Å²) in [5, 5.41) is 4.02.